The van der Waals surface area contributed by atoms with Crippen LogP contribution in [0.4, 0.5) is 11.4 Å². The van der Waals surface area contributed by atoms with Crippen molar-refractivity contribution in [1.82, 2.24) is 4.90 Å². The van der Waals surface area contributed by atoms with E-state index in [-0.39, 0.29) is 12.2 Å². The largest absolute Gasteiger partial charge is 0.497 e. The number of morpholine rings is 1. The van der Waals surface area contributed by atoms with Crippen LogP contribution in [0.15, 0.2) is 18.7 Å². The molecule has 6 nitrogen and oxygen atoms in total. The predicted octanol–water partition coefficient (Wildman–Crippen LogP) is 2.03. The highest BCUT2D eigenvalue weighted by Crippen LogP contribution is 2.34. The van der Waals surface area contributed by atoms with Gasteiger partial charge in [0.15, 0.2) is 0 Å². The Morgan fingerprint density at radius 2 is 2.17 bits per heavy atom. The molecule has 0 spiro atoms. The average molecular weight is 321 g/mol. The van der Waals surface area contributed by atoms with Gasteiger partial charge in [0.2, 0.25) is 0 Å². The molecule has 1 aliphatic heterocycles. The minimum atomic E-state index is 0.112. The topological polar surface area (TPSA) is 69.0 Å². The molecule has 23 heavy (non-hydrogen) atoms. The number of benzene rings is 1. The summed E-state index contributed by atoms with van der Waals surface area (Å²) in [7, 11) is 5.30. The van der Waals surface area contributed by atoms with Gasteiger partial charge in [-0.05, 0) is 26.1 Å². The zero-order valence-corrected chi connectivity index (χ0v) is 14.4. The van der Waals surface area contributed by atoms with Gasteiger partial charge < -0.3 is 30.2 Å². The van der Waals surface area contributed by atoms with E-state index in [4.69, 9.17) is 19.9 Å². The molecule has 2 atom stereocenters. The summed E-state index contributed by atoms with van der Waals surface area (Å²) in [5.41, 5.74) is 8.33. The molecule has 1 fully saturated rings. The van der Waals surface area contributed by atoms with Gasteiger partial charge in [-0.25, -0.2) is 0 Å². The van der Waals surface area contributed by atoms with Crippen LogP contribution in [-0.4, -0.2) is 58.0 Å². The Bertz CT molecular complexity index is 552. The lowest BCUT2D eigenvalue weighted by atomic mass is 10.1. The number of ether oxygens (including phenoxy) is 3. The van der Waals surface area contributed by atoms with Crippen LogP contribution in [0.1, 0.15) is 12.5 Å². The van der Waals surface area contributed by atoms with Crippen molar-refractivity contribution < 1.29 is 14.2 Å². The summed E-state index contributed by atoms with van der Waals surface area (Å²) in [5.74, 6) is 1.21. The van der Waals surface area contributed by atoms with Gasteiger partial charge in [-0.2, -0.15) is 0 Å². The lowest BCUT2D eigenvalue weighted by molar-refractivity contribution is -0.0627. The number of nitrogens with zero attached hydrogens (tertiary/aromatic N) is 1. The van der Waals surface area contributed by atoms with Crippen molar-refractivity contribution >= 4 is 17.1 Å². The van der Waals surface area contributed by atoms with Gasteiger partial charge in [0.05, 0.1) is 32.1 Å². The maximum absolute atomic E-state index is 6.17. The van der Waals surface area contributed by atoms with E-state index in [0.29, 0.717) is 23.7 Å². The molecule has 2 rings (SSSR count). The van der Waals surface area contributed by atoms with E-state index in [2.05, 4.69) is 30.8 Å². The third-order valence-corrected chi connectivity index (χ3v) is 3.94. The maximum Gasteiger partial charge on any atom is 0.144 e. The van der Waals surface area contributed by atoms with Gasteiger partial charge in [-0.1, -0.05) is 6.58 Å². The monoisotopic (exact) mass is 321 g/mol. The number of anilines is 2. The minimum Gasteiger partial charge on any atom is -0.497 e. The highest BCUT2D eigenvalue weighted by atomic mass is 16.5. The van der Waals surface area contributed by atoms with E-state index >= 15 is 0 Å². The lowest BCUT2D eigenvalue weighted by Crippen LogP contribution is -2.47. The van der Waals surface area contributed by atoms with Gasteiger partial charge in [0.1, 0.15) is 17.2 Å². The zero-order valence-electron chi connectivity index (χ0n) is 14.4. The molecule has 1 saturated heterocycles. The summed E-state index contributed by atoms with van der Waals surface area (Å²) < 4.78 is 16.6. The van der Waals surface area contributed by atoms with Crippen molar-refractivity contribution in [2.75, 3.05) is 52.0 Å². The molecule has 0 bridgehead atoms. The summed E-state index contributed by atoms with van der Waals surface area (Å²) in [6, 6.07) is 3.69. The van der Waals surface area contributed by atoms with Crippen LogP contribution in [-0.2, 0) is 9.47 Å². The van der Waals surface area contributed by atoms with Gasteiger partial charge in [0.25, 0.3) is 0 Å². The molecule has 0 saturated carbocycles. The number of nitrogens with one attached hydrogen (secondary N) is 1. The van der Waals surface area contributed by atoms with Crippen LogP contribution in [0.5, 0.6) is 5.75 Å². The van der Waals surface area contributed by atoms with Gasteiger partial charge in [0, 0.05) is 25.2 Å². The van der Waals surface area contributed by atoms with Gasteiger partial charge in [-0.15, -0.1) is 0 Å². The van der Waals surface area contributed by atoms with Crippen LogP contribution in [0.25, 0.3) is 5.76 Å². The lowest BCUT2D eigenvalue weighted by Gasteiger charge is -2.34. The van der Waals surface area contributed by atoms with Crippen molar-refractivity contribution in [2.45, 2.75) is 19.1 Å². The number of hydrogen-bond donors (Lipinski definition) is 2. The molecule has 0 amide bonds. The van der Waals surface area contributed by atoms with Crippen molar-refractivity contribution in [3.63, 3.8) is 0 Å². The van der Waals surface area contributed by atoms with Crippen molar-refractivity contribution in [2.24, 2.45) is 0 Å². The summed E-state index contributed by atoms with van der Waals surface area (Å²) in [6.45, 7) is 8.44. The van der Waals surface area contributed by atoms with Crippen LogP contribution < -0.4 is 15.8 Å². The molecule has 0 radical (unpaired) electrons. The first-order chi connectivity index (χ1) is 10.9. The fraction of sp³-hybridized carbons (Fsp3) is 0.529. The molecule has 3 N–H and O–H groups in total. The third kappa shape index (κ3) is 4.30. The Hall–Kier alpha value is -1.92. The predicted molar refractivity (Wildman–Crippen MR) is 93.8 cm³/mol. The van der Waals surface area contributed by atoms with Crippen LogP contribution in [0.3, 0.4) is 0 Å². The van der Waals surface area contributed by atoms with Crippen molar-refractivity contribution in [1.29, 1.82) is 0 Å². The minimum absolute atomic E-state index is 0.112. The van der Waals surface area contributed by atoms with E-state index < -0.39 is 0 Å². The first kappa shape index (κ1) is 17.4. The second-order valence-corrected chi connectivity index (χ2v) is 5.94. The quantitative estimate of drug-likeness (QED) is 0.617. The highest BCUT2D eigenvalue weighted by Gasteiger charge is 2.23. The number of rotatable bonds is 6. The second-order valence-electron chi connectivity index (χ2n) is 5.94. The number of methoxy groups -OCH3 is 2. The molecule has 1 aromatic carbocycles. The van der Waals surface area contributed by atoms with Crippen LogP contribution in [0.2, 0.25) is 0 Å². The molecular formula is C17H27N3O3. The normalized spacial score (nSPS) is 21.7. The molecular weight excluding hydrogens is 294 g/mol. The smallest absolute Gasteiger partial charge is 0.144 e. The van der Waals surface area contributed by atoms with Gasteiger partial charge in [-0.3, -0.25) is 0 Å². The summed E-state index contributed by atoms with van der Waals surface area (Å²) in [4.78, 5) is 2.27. The summed E-state index contributed by atoms with van der Waals surface area (Å²) in [6.07, 6.45) is 0.341. The van der Waals surface area contributed by atoms with E-state index in [9.17, 15) is 0 Å². The summed E-state index contributed by atoms with van der Waals surface area (Å²) >= 11 is 0. The number of likely N-dealkylation sites (N-methyl/N-ethyl adjacent to an activating group) is 1. The molecule has 128 valence electrons. The SMILES string of the molecule is C=C(OC)c1cc(N)c(NC[C@@H]2CN(C)C[C@H](C)O2)c(OC)c1. The van der Waals surface area contributed by atoms with E-state index in [1.54, 1.807) is 14.2 Å². The van der Waals surface area contributed by atoms with Gasteiger partial charge >= 0.3 is 0 Å². The molecule has 1 heterocycles. The Morgan fingerprint density at radius 1 is 1.43 bits per heavy atom. The highest BCUT2D eigenvalue weighted by molar-refractivity contribution is 5.78. The van der Waals surface area contributed by atoms with Crippen molar-refractivity contribution in [3.8, 4) is 5.75 Å². The van der Waals surface area contributed by atoms with E-state index in [0.717, 1.165) is 24.3 Å². The third-order valence-electron chi connectivity index (χ3n) is 3.94. The fourth-order valence-corrected chi connectivity index (χ4v) is 2.87. The molecule has 0 aromatic heterocycles. The number of nitrogens with two attached hydrogens (primary N) is 1. The Kier molecular flexibility index (Phi) is 5.74. The molecule has 1 aliphatic rings. The number of nitrogen functional groups attached to an aromatic ring is 1. The fourth-order valence-electron chi connectivity index (χ4n) is 2.87. The first-order valence-corrected chi connectivity index (χ1v) is 7.73. The average Bonchev–Trinajstić information content (AvgIpc) is 2.51. The van der Waals surface area contributed by atoms with E-state index in [1.807, 2.05) is 12.1 Å². The number of hydrogen-bond acceptors (Lipinski definition) is 6. The first-order valence-electron chi connectivity index (χ1n) is 7.73. The molecule has 0 aliphatic carbocycles. The Labute approximate surface area is 138 Å². The van der Waals surface area contributed by atoms with Crippen LogP contribution >= 0.6 is 0 Å². The second kappa shape index (κ2) is 7.57. The van der Waals surface area contributed by atoms with Crippen molar-refractivity contribution in [3.05, 3.63) is 24.3 Å². The molecule has 6 heteroatoms. The maximum atomic E-state index is 6.17. The van der Waals surface area contributed by atoms with Crippen LogP contribution in [0, 0.1) is 0 Å². The summed E-state index contributed by atoms with van der Waals surface area (Å²) in [5, 5.41) is 3.36. The zero-order chi connectivity index (χ0) is 17.0. The Morgan fingerprint density at radius 3 is 2.78 bits per heavy atom. The molecule has 0 unspecified atom stereocenters. The molecule has 1 aromatic rings. The standard InChI is InChI=1S/C17H27N3O3/c1-11-9-20(3)10-14(23-11)8-19-17-15(18)6-13(12(2)21-4)7-16(17)22-5/h6-7,11,14,19H,2,8-10,18H2,1,3-5H3/t11-,14+/m0/s1. The van der Waals surface area contributed by atoms with E-state index in [1.165, 1.54) is 0 Å². The Balaban J connectivity index is 2.11.